The molecule has 0 amide bonds. The lowest BCUT2D eigenvalue weighted by Crippen LogP contribution is -2.06. The average Bonchev–Trinajstić information content (AvgIpc) is 2.19. The van der Waals surface area contributed by atoms with E-state index in [1.54, 1.807) is 0 Å². The monoisotopic (exact) mass is 236 g/mol. The number of hydrogen-bond acceptors (Lipinski definition) is 0. The van der Waals surface area contributed by atoms with Gasteiger partial charge in [-0.1, -0.05) is 38.3 Å². The Morgan fingerprint density at radius 2 is 1.38 bits per heavy atom. The SMILES string of the molecule is CCCCCC=CCCCCCC(F)(F)F. The molecule has 0 saturated carbocycles. The Labute approximate surface area is 96.9 Å². The largest absolute Gasteiger partial charge is 0.389 e. The number of hydrogen-bond donors (Lipinski definition) is 0. The molecule has 0 aromatic carbocycles. The molecule has 16 heavy (non-hydrogen) atoms. The van der Waals surface area contributed by atoms with Crippen molar-refractivity contribution in [3.8, 4) is 0 Å². The Hall–Kier alpha value is -0.470. The summed E-state index contributed by atoms with van der Waals surface area (Å²) in [6.45, 7) is 2.17. The van der Waals surface area contributed by atoms with Gasteiger partial charge in [0.15, 0.2) is 0 Å². The predicted molar refractivity (Wildman–Crippen MR) is 62.4 cm³/mol. The van der Waals surface area contributed by atoms with Crippen molar-refractivity contribution in [1.29, 1.82) is 0 Å². The fraction of sp³-hybridized carbons (Fsp3) is 0.846. The van der Waals surface area contributed by atoms with Gasteiger partial charge < -0.3 is 0 Å². The first-order valence-electron chi connectivity index (χ1n) is 6.28. The van der Waals surface area contributed by atoms with Gasteiger partial charge in [-0.15, -0.1) is 0 Å². The zero-order chi connectivity index (χ0) is 12.3. The summed E-state index contributed by atoms with van der Waals surface area (Å²) in [5, 5.41) is 0. The summed E-state index contributed by atoms with van der Waals surface area (Å²) >= 11 is 0. The minimum absolute atomic E-state index is 0.271. The molecule has 0 aliphatic heterocycles. The summed E-state index contributed by atoms with van der Waals surface area (Å²) in [7, 11) is 0. The van der Waals surface area contributed by atoms with E-state index in [1.165, 1.54) is 19.3 Å². The molecule has 0 unspecified atom stereocenters. The van der Waals surface area contributed by atoms with Gasteiger partial charge in [0, 0.05) is 6.42 Å². The third-order valence-corrected chi connectivity index (χ3v) is 2.47. The molecular formula is C13H23F3. The van der Waals surface area contributed by atoms with Crippen molar-refractivity contribution in [3.05, 3.63) is 12.2 Å². The summed E-state index contributed by atoms with van der Waals surface area (Å²) in [4.78, 5) is 0. The first-order chi connectivity index (χ1) is 7.56. The molecule has 0 bridgehead atoms. The van der Waals surface area contributed by atoms with E-state index in [0.717, 1.165) is 19.3 Å². The molecule has 0 saturated heterocycles. The van der Waals surface area contributed by atoms with E-state index >= 15 is 0 Å². The van der Waals surface area contributed by atoms with Gasteiger partial charge in [0.1, 0.15) is 0 Å². The van der Waals surface area contributed by atoms with Crippen molar-refractivity contribution < 1.29 is 13.2 Å². The minimum atomic E-state index is -3.98. The van der Waals surface area contributed by atoms with Crippen LogP contribution in [0.4, 0.5) is 13.2 Å². The molecule has 96 valence electrons. The fourth-order valence-corrected chi connectivity index (χ4v) is 1.51. The van der Waals surface area contributed by atoms with Gasteiger partial charge in [-0.25, -0.2) is 0 Å². The average molecular weight is 236 g/mol. The Bertz CT molecular complexity index is 171. The van der Waals surface area contributed by atoms with Gasteiger partial charge in [0.05, 0.1) is 0 Å². The molecule has 0 heterocycles. The van der Waals surface area contributed by atoms with Crippen LogP contribution in [0.3, 0.4) is 0 Å². The Balaban J connectivity index is 3.15. The van der Waals surface area contributed by atoms with Gasteiger partial charge in [-0.3, -0.25) is 0 Å². The van der Waals surface area contributed by atoms with E-state index in [2.05, 4.69) is 19.1 Å². The molecule has 0 fully saturated rings. The summed E-state index contributed by atoms with van der Waals surface area (Å²) in [5.74, 6) is 0. The molecule has 0 aliphatic rings. The second-order valence-electron chi connectivity index (χ2n) is 4.18. The van der Waals surface area contributed by atoms with Crippen LogP contribution in [-0.4, -0.2) is 6.18 Å². The van der Waals surface area contributed by atoms with Crippen molar-refractivity contribution >= 4 is 0 Å². The van der Waals surface area contributed by atoms with Gasteiger partial charge in [0.25, 0.3) is 0 Å². The highest BCUT2D eigenvalue weighted by molar-refractivity contribution is 4.81. The quantitative estimate of drug-likeness (QED) is 0.359. The van der Waals surface area contributed by atoms with Crippen LogP contribution in [0, 0.1) is 0 Å². The van der Waals surface area contributed by atoms with Crippen LogP contribution in [0.1, 0.15) is 64.7 Å². The topological polar surface area (TPSA) is 0 Å². The molecule has 0 aromatic rings. The molecule has 0 rings (SSSR count). The van der Waals surface area contributed by atoms with Crippen molar-refractivity contribution in [2.75, 3.05) is 0 Å². The Morgan fingerprint density at radius 1 is 0.812 bits per heavy atom. The fourth-order valence-electron chi connectivity index (χ4n) is 1.51. The van der Waals surface area contributed by atoms with Crippen LogP contribution >= 0.6 is 0 Å². The first kappa shape index (κ1) is 15.5. The van der Waals surface area contributed by atoms with Crippen LogP contribution < -0.4 is 0 Å². The predicted octanol–water partition coefficient (Wildman–Crippen LogP) is 5.64. The molecule has 0 aromatic heterocycles. The van der Waals surface area contributed by atoms with Gasteiger partial charge in [-0.2, -0.15) is 13.2 Å². The number of halogens is 3. The van der Waals surface area contributed by atoms with E-state index in [4.69, 9.17) is 0 Å². The van der Waals surface area contributed by atoms with E-state index < -0.39 is 12.6 Å². The van der Waals surface area contributed by atoms with E-state index in [0.29, 0.717) is 6.42 Å². The summed E-state index contributed by atoms with van der Waals surface area (Å²) < 4.78 is 35.4. The van der Waals surface area contributed by atoms with Crippen molar-refractivity contribution in [3.63, 3.8) is 0 Å². The maximum absolute atomic E-state index is 11.8. The summed E-state index contributed by atoms with van der Waals surface area (Å²) in [6, 6.07) is 0. The van der Waals surface area contributed by atoms with Crippen molar-refractivity contribution in [2.24, 2.45) is 0 Å². The first-order valence-corrected chi connectivity index (χ1v) is 6.28. The molecule has 3 heteroatoms. The third-order valence-electron chi connectivity index (χ3n) is 2.47. The summed E-state index contributed by atoms with van der Waals surface area (Å²) in [6.07, 6.45) is 7.21. The highest BCUT2D eigenvalue weighted by Gasteiger charge is 2.25. The number of alkyl halides is 3. The molecule has 0 spiro atoms. The van der Waals surface area contributed by atoms with Gasteiger partial charge in [0.2, 0.25) is 0 Å². The lowest BCUT2D eigenvalue weighted by molar-refractivity contribution is -0.135. The van der Waals surface area contributed by atoms with E-state index in [1.807, 2.05) is 0 Å². The van der Waals surface area contributed by atoms with Crippen LogP contribution in [-0.2, 0) is 0 Å². The number of unbranched alkanes of at least 4 members (excludes halogenated alkanes) is 6. The second-order valence-corrected chi connectivity index (χ2v) is 4.18. The normalized spacial score (nSPS) is 12.5. The zero-order valence-corrected chi connectivity index (χ0v) is 10.2. The lowest BCUT2D eigenvalue weighted by atomic mass is 10.1. The minimum Gasteiger partial charge on any atom is -0.171 e. The molecule has 0 nitrogen and oxygen atoms in total. The molecular weight excluding hydrogens is 213 g/mol. The Morgan fingerprint density at radius 3 is 1.88 bits per heavy atom. The Kier molecular flexibility index (Phi) is 9.45. The molecule has 0 radical (unpaired) electrons. The van der Waals surface area contributed by atoms with Crippen LogP contribution in [0.2, 0.25) is 0 Å². The molecule has 0 atom stereocenters. The number of allylic oxidation sites excluding steroid dienone is 2. The lowest BCUT2D eigenvalue weighted by Gasteiger charge is -2.04. The summed E-state index contributed by atoms with van der Waals surface area (Å²) in [5.41, 5.74) is 0. The van der Waals surface area contributed by atoms with Gasteiger partial charge >= 0.3 is 6.18 Å². The maximum Gasteiger partial charge on any atom is 0.389 e. The van der Waals surface area contributed by atoms with E-state index in [-0.39, 0.29) is 6.42 Å². The van der Waals surface area contributed by atoms with Crippen LogP contribution in [0.15, 0.2) is 12.2 Å². The van der Waals surface area contributed by atoms with Crippen molar-refractivity contribution in [2.45, 2.75) is 70.9 Å². The van der Waals surface area contributed by atoms with E-state index in [9.17, 15) is 13.2 Å². The third kappa shape index (κ3) is 13.5. The van der Waals surface area contributed by atoms with Gasteiger partial charge in [-0.05, 0) is 32.1 Å². The van der Waals surface area contributed by atoms with Crippen molar-refractivity contribution in [1.82, 2.24) is 0 Å². The van der Waals surface area contributed by atoms with Crippen LogP contribution in [0.25, 0.3) is 0 Å². The zero-order valence-electron chi connectivity index (χ0n) is 10.2. The molecule has 0 N–H and O–H groups in total. The highest BCUT2D eigenvalue weighted by Crippen LogP contribution is 2.22. The maximum atomic E-state index is 11.8. The van der Waals surface area contributed by atoms with Crippen LogP contribution in [0.5, 0.6) is 0 Å². The highest BCUT2D eigenvalue weighted by atomic mass is 19.4. The number of rotatable bonds is 9. The standard InChI is InChI=1S/C13H23F3/c1-2-3-4-5-6-7-8-9-10-11-12-13(14,15)16/h6-7H,2-5,8-12H2,1H3. The second kappa shape index (κ2) is 9.73. The molecule has 0 aliphatic carbocycles. The smallest absolute Gasteiger partial charge is 0.171 e.